The first-order chi connectivity index (χ1) is 9.48. The lowest BCUT2D eigenvalue weighted by molar-refractivity contribution is 0.548. The first kappa shape index (κ1) is 14.0. The van der Waals surface area contributed by atoms with Gasteiger partial charge in [0, 0.05) is 23.8 Å². The molecule has 3 N–H and O–H groups in total. The minimum Gasteiger partial charge on any atom is -0.368 e. The first-order valence-corrected chi connectivity index (χ1v) is 6.47. The van der Waals surface area contributed by atoms with Crippen LogP contribution >= 0.6 is 0 Å². The van der Waals surface area contributed by atoms with E-state index in [9.17, 15) is 0 Å². The predicted molar refractivity (Wildman–Crippen MR) is 81.1 cm³/mol. The number of hydrogen-bond acceptors (Lipinski definition) is 4. The van der Waals surface area contributed by atoms with Gasteiger partial charge in [-0.3, -0.25) is 0 Å². The molecule has 1 aromatic carbocycles. The zero-order valence-corrected chi connectivity index (χ0v) is 11.7. The quantitative estimate of drug-likeness (QED) is 0.892. The van der Waals surface area contributed by atoms with Gasteiger partial charge in [-0.1, -0.05) is 12.1 Å². The fourth-order valence-electron chi connectivity index (χ4n) is 1.72. The highest BCUT2D eigenvalue weighted by Gasteiger charge is 2.10. The maximum absolute atomic E-state index is 8.78. The van der Waals surface area contributed by atoms with Crippen LogP contribution in [0.4, 0.5) is 5.82 Å². The van der Waals surface area contributed by atoms with E-state index in [2.05, 4.69) is 16.4 Å². The van der Waals surface area contributed by atoms with Gasteiger partial charge in [-0.2, -0.15) is 5.26 Å². The molecule has 0 unspecified atom stereocenters. The molecule has 1 heterocycles. The van der Waals surface area contributed by atoms with Crippen molar-refractivity contribution in [2.75, 3.05) is 11.9 Å². The summed E-state index contributed by atoms with van der Waals surface area (Å²) in [7, 11) is 0. The van der Waals surface area contributed by atoms with E-state index in [1.165, 1.54) is 0 Å². The molecule has 0 bridgehead atoms. The number of nitrogens with two attached hydrogens (primary N) is 1. The van der Waals surface area contributed by atoms with Crippen LogP contribution in [0.25, 0.3) is 11.1 Å². The summed E-state index contributed by atoms with van der Waals surface area (Å²) in [6.07, 6.45) is 1.81. The Hall–Kier alpha value is -2.38. The molecule has 102 valence electrons. The zero-order chi connectivity index (χ0) is 14.6. The number of pyridine rings is 1. The molecule has 0 amide bonds. The van der Waals surface area contributed by atoms with Gasteiger partial charge in [0.15, 0.2) is 0 Å². The molecule has 0 spiro atoms. The van der Waals surface area contributed by atoms with E-state index in [4.69, 9.17) is 11.0 Å². The van der Waals surface area contributed by atoms with Crippen molar-refractivity contribution >= 4 is 5.82 Å². The monoisotopic (exact) mass is 266 g/mol. The summed E-state index contributed by atoms with van der Waals surface area (Å²) in [6, 6.07) is 13.5. The maximum Gasteiger partial charge on any atom is 0.125 e. The molecule has 0 fully saturated rings. The number of anilines is 1. The van der Waals surface area contributed by atoms with Gasteiger partial charge in [-0.25, -0.2) is 4.98 Å². The second kappa shape index (κ2) is 5.72. The van der Waals surface area contributed by atoms with E-state index in [0.29, 0.717) is 12.1 Å². The van der Waals surface area contributed by atoms with Crippen molar-refractivity contribution in [1.82, 2.24) is 4.98 Å². The van der Waals surface area contributed by atoms with Crippen molar-refractivity contribution in [3.63, 3.8) is 0 Å². The molecular weight excluding hydrogens is 248 g/mol. The molecule has 2 aromatic rings. The molecule has 0 saturated carbocycles. The second-order valence-corrected chi connectivity index (χ2v) is 5.46. The average Bonchev–Trinajstić information content (AvgIpc) is 2.45. The van der Waals surface area contributed by atoms with Gasteiger partial charge in [0.25, 0.3) is 0 Å². The van der Waals surface area contributed by atoms with Crippen LogP contribution in [0.1, 0.15) is 19.4 Å². The van der Waals surface area contributed by atoms with Crippen molar-refractivity contribution in [2.45, 2.75) is 19.4 Å². The molecule has 0 saturated heterocycles. The molecule has 0 atom stereocenters. The van der Waals surface area contributed by atoms with E-state index in [1.807, 2.05) is 44.3 Å². The second-order valence-electron chi connectivity index (χ2n) is 5.46. The zero-order valence-electron chi connectivity index (χ0n) is 11.7. The summed E-state index contributed by atoms with van der Waals surface area (Å²) in [4.78, 5) is 4.37. The predicted octanol–water partition coefficient (Wildman–Crippen LogP) is 2.77. The minimum atomic E-state index is -0.270. The number of nitriles is 1. The van der Waals surface area contributed by atoms with Crippen LogP contribution in [0.3, 0.4) is 0 Å². The number of nitrogens with one attached hydrogen (secondary N) is 1. The van der Waals surface area contributed by atoms with Crippen LogP contribution in [0.2, 0.25) is 0 Å². The van der Waals surface area contributed by atoms with Crippen LogP contribution in [0, 0.1) is 11.3 Å². The van der Waals surface area contributed by atoms with Gasteiger partial charge < -0.3 is 11.1 Å². The Morgan fingerprint density at radius 3 is 2.30 bits per heavy atom. The van der Waals surface area contributed by atoms with Crippen molar-refractivity contribution < 1.29 is 0 Å². The van der Waals surface area contributed by atoms with E-state index in [-0.39, 0.29) is 5.54 Å². The Bertz CT molecular complexity index is 601. The normalized spacial score (nSPS) is 10.9. The number of hydrogen-bond donors (Lipinski definition) is 2. The molecule has 20 heavy (non-hydrogen) atoms. The fraction of sp³-hybridized carbons (Fsp3) is 0.250. The lowest BCUT2D eigenvalue weighted by Crippen LogP contribution is -2.39. The largest absolute Gasteiger partial charge is 0.368 e. The van der Waals surface area contributed by atoms with Gasteiger partial charge in [0.2, 0.25) is 0 Å². The van der Waals surface area contributed by atoms with Gasteiger partial charge in [-0.05, 0) is 43.7 Å². The Balaban J connectivity index is 2.09. The van der Waals surface area contributed by atoms with Crippen LogP contribution < -0.4 is 11.1 Å². The van der Waals surface area contributed by atoms with Crippen LogP contribution in [-0.2, 0) is 0 Å². The molecule has 0 aliphatic rings. The fourth-order valence-corrected chi connectivity index (χ4v) is 1.72. The third-order valence-electron chi connectivity index (χ3n) is 2.84. The van der Waals surface area contributed by atoms with Crippen LogP contribution in [0.15, 0.2) is 42.6 Å². The summed E-state index contributed by atoms with van der Waals surface area (Å²) in [6.45, 7) is 4.59. The Morgan fingerprint density at radius 2 is 1.80 bits per heavy atom. The third kappa shape index (κ3) is 3.81. The number of nitrogens with zero attached hydrogens (tertiary/aromatic N) is 2. The lowest BCUT2D eigenvalue weighted by atomic mass is 10.1. The summed E-state index contributed by atoms with van der Waals surface area (Å²) < 4.78 is 0. The van der Waals surface area contributed by atoms with Crippen molar-refractivity contribution in [3.8, 4) is 17.2 Å². The van der Waals surface area contributed by atoms with Crippen molar-refractivity contribution in [3.05, 3.63) is 48.2 Å². The highest BCUT2D eigenvalue weighted by Crippen LogP contribution is 2.20. The first-order valence-electron chi connectivity index (χ1n) is 6.47. The molecule has 4 nitrogen and oxygen atoms in total. The van der Waals surface area contributed by atoms with Crippen molar-refractivity contribution in [1.29, 1.82) is 5.26 Å². The maximum atomic E-state index is 8.78. The molecular formula is C16H18N4. The highest BCUT2D eigenvalue weighted by atomic mass is 15.0. The van der Waals surface area contributed by atoms with Crippen LogP contribution in [0.5, 0.6) is 0 Å². The summed E-state index contributed by atoms with van der Waals surface area (Å²) in [5.41, 5.74) is 8.37. The summed E-state index contributed by atoms with van der Waals surface area (Å²) in [5, 5.41) is 12.0. The minimum absolute atomic E-state index is 0.270. The molecule has 0 aliphatic carbocycles. The lowest BCUT2D eigenvalue weighted by Gasteiger charge is -2.19. The van der Waals surface area contributed by atoms with Gasteiger partial charge in [0.05, 0.1) is 11.6 Å². The Labute approximate surface area is 119 Å². The Morgan fingerprint density at radius 1 is 1.15 bits per heavy atom. The van der Waals surface area contributed by atoms with Crippen molar-refractivity contribution in [2.24, 2.45) is 5.73 Å². The van der Waals surface area contributed by atoms with E-state index >= 15 is 0 Å². The third-order valence-corrected chi connectivity index (χ3v) is 2.84. The standard InChI is InChI=1S/C16H18N4/c1-16(2,18)11-20-15-8-7-14(10-19-15)13-5-3-12(9-17)4-6-13/h3-8,10H,11,18H2,1-2H3,(H,19,20). The van der Waals surface area contributed by atoms with E-state index < -0.39 is 0 Å². The molecule has 0 aliphatic heterocycles. The molecule has 0 radical (unpaired) electrons. The molecule has 4 heteroatoms. The topological polar surface area (TPSA) is 74.7 Å². The number of benzene rings is 1. The van der Waals surface area contributed by atoms with E-state index in [0.717, 1.165) is 16.9 Å². The van der Waals surface area contributed by atoms with Gasteiger partial charge >= 0.3 is 0 Å². The van der Waals surface area contributed by atoms with E-state index in [1.54, 1.807) is 12.1 Å². The smallest absolute Gasteiger partial charge is 0.125 e. The molecule has 2 rings (SSSR count). The summed E-state index contributed by atoms with van der Waals surface area (Å²) in [5.74, 6) is 0.806. The summed E-state index contributed by atoms with van der Waals surface area (Å²) >= 11 is 0. The average molecular weight is 266 g/mol. The molecule has 1 aromatic heterocycles. The SMILES string of the molecule is CC(C)(N)CNc1ccc(-c2ccc(C#N)cc2)cn1. The highest BCUT2D eigenvalue weighted by molar-refractivity contribution is 5.64. The van der Waals surface area contributed by atoms with Crippen LogP contribution in [-0.4, -0.2) is 17.1 Å². The Kier molecular flexibility index (Phi) is 4.02. The number of rotatable bonds is 4. The number of aromatic nitrogens is 1. The van der Waals surface area contributed by atoms with Gasteiger partial charge in [-0.15, -0.1) is 0 Å². The van der Waals surface area contributed by atoms with Gasteiger partial charge in [0.1, 0.15) is 5.82 Å².